The van der Waals surface area contributed by atoms with Crippen molar-refractivity contribution in [2.24, 2.45) is 5.92 Å². The minimum atomic E-state index is -0.257. The second-order valence-electron chi connectivity index (χ2n) is 3.90. The first-order valence-corrected chi connectivity index (χ1v) is 5.12. The summed E-state index contributed by atoms with van der Waals surface area (Å²) >= 11 is 0. The number of aromatic nitrogens is 1. The normalized spacial score (nSPS) is 25.0. The zero-order valence-electron chi connectivity index (χ0n) is 8.33. The van der Waals surface area contributed by atoms with Gasteiger partial charge in [0.15, 0.2) is 0 Å². The van der Waals surface area contributed by atoms with Gasteiger partial charge in [0.25, 0.3) is 0 Å². The van der Waals surface area contributed by atoms with Crippen molar-refractivity contribution < 1.29 is 4.39 Å². The molecule has 0 saturated heterocycles. The number of hydrogen-bond acceptors (Lipinski definition) is 2. The molecule has 1 aliphatic carbocycles. The summed E-state index contributed by atoms with van der Waals surface area (Å²) in [6, 6.07) is 2.17. The van der Waals surface area contributed by atoms with Crippen LogP contribution in [0.1, 0.15) is 25.3 Å². The molecule has 0 amide bonds. The lowest BCUT2D eigenvalue weighted by molar-refractivity contribution is 0.601. The molecule has 3 heteroatoms. The first-order valence-electron chi connectivity index (χ1n) is 5.12. The molecule has 2 atom stereocenters. The number of nitrogens with zero attached hydrogens (tertiary/aromatic N) is 1. The molecular formula is C11H15FN2. The van der Waals surface area contributed by atoms with Gasteiger partial charge < -0.3 is 5.32 Å². The van der Waals surface area contributed by atoms with E-state index in [4.69, 9.17) is 0 Å². The molecule has 2 unspecified atom stereocenters. The molecule has 2 nitrogen and oxygen atoms in total. The lowest BCUT2D eigenvalue weighted by Gasteiger charge is -2.03. The summed E-state index contributed by atoms with van der Waals surface area (Å²) in [4.78, 5) is 3.81. The molecule has 2 rings (SSSR count). The Labute approximate surface area is 83.6 Å². The minimum Gasteiger partial charge on any atom is -0.310 e. The van der Waals surface area contributed by atoms with Crippen molar-refractivity contribution in [2.45, 2.75) is 32.4 Å². The number of hydrogen-bond donors (Lipinski definition) is 1. The van der Waals surface area contributed by atoms with E-state index in [1.807, 2.05) is 0 Å². The van der Waals surface area contributed by atoms with E-state index in [-0.39, 0.29) is 5.82 Å². The number of pyridine rings is 1. The van der Waals surface area contributed by atoms with Gasteiger partial charge in [-0.3, -0.25) is 4.98 Å². The van der Waals surface area contributed by atoms with E-state index in [0.29, 0.717) is 6.04 Å². The van der Waals surface area contributed by atoms with Crippen LogP contribution in [0.3, 0.4) is 0 Å². The molecule has 1 aromatic rings. The van der Waals surface area contributed by atoms with Gasteiger partial charge >= 0.3 is 0 Å². The zero-order chi connectivity index (χ0) is 9.97. The molecule has 0 radical (unpaired) electrons. The Balaban J connectivity index is 1.81. The molecule has 1 heterocycles. The van der Waals surface area contributed by atoms with Crippen molar-refractivity contribution in [2.75, 3.05) is 0 Å². The minimum absolute atomic E-state index is 0.257. The summed E-state index contributed by atoms with van der Waals surface area (Å²) < 4.78 is 12.8. The van der Waals surface area contributed by atoms with E-state index >= 15 is 0 Å². The highest BCUT2D eigenvalue weighted by molar-refractivity contribution is 5.10. The second kappa shape index (κ2) is 4.05. The van der Waals surface area contributed by atoms with Gasteiger partial charge in [0.05, 0.1) is 6.20 Å². The van der Waals surface area contributed by atoms with Crippen LogP contribution in [0.25, 0.3) is 0 Å². The van der Waals surface area contributed by atoms with E-state index in [9.17, 15) is 4.39 Å². The van der Waals surface area contributed by atoms with Crippen molar-refractivity contribution in [3.63, 3.8) is 0 Å². The van der Waals surface area contributed by atoms with Crippen LogP contribution in [-0.4, -0.2) is 11.0 Å². The molecule has 1 aliphatic rings. The molecule has 14 heavy (non-hydrogen) atoms. The van der Waals surface area contributed by atoms with Gasteiger partial charge in [-0.2, -0.15) is 0 Å². The molecule has 0 bridgehead atoms. The average Bonchev–Trinajstić information content (AvgIpc) is 2.93. The average molecular weight is 194 g/mol. The molecule has 1 N–H and O–H groups in total. The molecule has 0 aromatic carbocycles. The highest BCUT2D eigenvalue weighted by atomic mass is 19.1. The van der Waals surface area contributed by atoms with Crippen LogP contribution in [0.5, 0.6) is 0 Å². The Morgan fingerprint density at radius 1 is 1.57 bits per heavy atom. The fraction of sp³-hybridized carbons (Fsp3) is 0.545. The molecule has 0 aliphatic heterocycles. The van der Waals surface area contributed by atoms with Crippen LogP contribution < -0.4 is 5.32 Å². The van der Waals surface area contributed by atoms with Gasteiger partial charge in [-0.25, -0.2) is 4.39 Å². The smallest absolute Gasteiger partial charge is 0.141 e. The predicted molar refractivity (Wildman–Crippen MR) is 53.2 cm³/mol. The third-order valence-corrected chi connectivity index (χ3v) is 2.78. The Bertz CT molecular complexity index is 314. The van der Waals surface area contributed by atoms with E-state index in [1.165, 1.54) is 25.1 Å². The lowest BCUT2D eigenvalue weighted by atomic mass is 10.2. The van der Waals surface area contributed by atoms with Crippen LogP contribution in [0.4, 0.5) is 4.39 Å². The van der Waals surface area contributed by atoms with Crippen LogP contribution in [0, 0.1) is 11.7 Å². The van der Waals surface area contributed by atoms with Gasteiger partial charge in [0.2, 0.25) is 0 Å². The van der Waals surface area contributed by atoms with Gasteiger partial charge in [-0.1, -0.05) is 13.3 Å². The predicted octanol–water partition coefficient (Wildman–Crippen LogP) is 2.11. The summed E-state index contributed by atoms with van der Waals surface area (Å²) in [6.07, 6.45) is 5.44. The van der Waals surface area contributed by atoms with Gasteiger partial charge in [0.1, 0.15) is 5.82 Å². The molecule has 1 saturated carbocycles. The van der Waals surface area contributed by atoms with Gasteiger partial charge in [-0.15, -0.1) is 0 Å². The first kappa shape index (κ1) is 9.59. The third-order valence-electron chi connectivity index (χ3n) is 2.78. The lowest BCUT2D eigenvalue weighted by Crippen LogP contribution is -2.17. The van der Waals surface area contributed by atoms with Crippen LogP contribution in [-0.2, 0) is 6.54 Å². The van der Waals surface area contributed by atoms with Crippen molar-refractivity contribution >= 4 is 0 Å². The summed E-state index contributed by atoms with van der Waals surface area (Å²) in [6.45, 7) is 2.93. The summed E-state index contributed by atoms with van der Waals surface area (Å²) in [5, 5.41) is 3.39. The van der Waals surface area contributed by atoms with Gasteiger partial charge in [0, 0.05) is 18.8 Å². The number of rotatable bonds is 4. The fourth-order valence-corrected chi connectivity index (χ4v) is 1.75. The molecule has 1 fully saturated rings. The fourth-order valence-electron chi connectivity index (χ4n) is 1.75. The third kappa shape index (κ3) is 2.29. The maximum absolute atomic E-state index is 12.8. The van der Waals surface area contributed by atoms with E-state index < -0.39 is 0 Å². The summed E-state index contributed by atoms with van der Waals surface area (Å²) in [5.41, 5.74) is 0.923. The Morgan fingerprint density at radius 3 is 3.07 bits per heavy atom. The van der Waals surface area contributed by atoms with Crippen LogP contribution in [0.2, 0.25) is 0 Å². The second-order valence-corrected chi connectivity index (χ2v) is 3.90. The quantitative estimate of drug-likeness (QED) is 0.794. The molecule has 1 aromatic heterocycles. The van der Waals surface area contributed by atoms with Crippen LogP contribution >= 0.6 is 0 Å². The van der Waals surface area contributed by atoms with Crippen molar-refractivity contribution in [1.82, 2.24) is 10.3 Å². The summed E-state index contributed by atoms with van der Waals surface area (Å²) in [7, 11) is 0. The monoisotopic (exact) mass is 194 g/mol. The van der Waals surface area contributed by atoms with E-state index in [1.54, 1.807) is 6.20 Å². The van der Waals surface area contributed by atoms with E-state index in [2.05, 4.69) is 17.2 Å². The highest BCUT2D eigenvalue weighted by Crippen LogP contribution is 2.33. The molecule has 0 spiro atoms. The maximum Gasteiger partial charge on any atom is 0.141 e. The number of nitrogens with one attached hydrogen (secondary N) is 1. The maximum atomic E-state index is 12.8. The Hall–Kier alpha value is -0.960. The van der Waals surface area contributed by atoms with E-state index in [0.717, 1.165) is 18.0 Å². The standard InChI is InChI=1S/C11H15FN2/c1-2-9-4-11(9)14-6-8-3-10(12)7-13-5-8/h3,5,7,9,11,14H,2,4,6H2,1H3. The van der Waals surface area contributed by atoms with Crippen molar-refractivity contribution in [1.29, 1.82) is 0 Å². The topological polar surface area (TPSA) is 24.9 Å². The molecular weight excluding hydrogens is 179 g/mol. The highest BCUT2D eigenvalue weighted by Gasteiger charge is 2.34. The van der Waals surface area contributed by atoms with Crippen LogP contribution in [0.15, 0.2) is 18.5 Å². The van der Waals surface area contributed by atoms with Gasteiger partial charge in [-0.05, 0) is 24.0 Å². The Kier molecular flexibility index (Phi) is 2.77. The molecule has 76 valence electrons. The van der Waals surface area contributed by atoms with Crippen molar-refractivity contribution in [3.8, 4) is 0 Å². The SMILES string of the molecule is CCC1CC1NCc1cncc(F)c1. The first-order chi connectivity index (χ1) is 6.79. The zero-order valence-corrected chi connectivity index (χ0v) is 8.33. The largest absolute Gasteiger partial charge is 0.310 e. The number of halogens is 1. The Morgan fingerprint density at radius 2 is 2.43 bits per heavy atom. The summed E-state index contributed by atoms with van der Waals surface area (Å²) in [5.74, 6) is 0.573. The van der Waals surface area contributed by atoms with Crippen molar-refractivity contribution in [3.05, 3.63) is 29.8 Å².